The number of rotatable bonds is 3. The van der Waals surface area contributed by atoms with Crippen molar-refractivity contribution in [3.63, 3.8) is 0 Å². The van der Waals surface area contributed by atoms with Crippen LogP contribution in [0.4, 0.5) is 0 Å². The molecule has 6 heteroatoms. The minimum absolute atomic E-state index is 0.152. The average molecular weight is 186 g/mol. The molecule has 0 fully saturated rings. The number of aromatic nitrogens is 3. The molecule has 0 saturated heterocycles. The highest BCUT2D eigenvalue weighted by Gasteiger charge is 2.18. The van der Waals surface area contributed by atoms with Crippen LogP contribution in [0.2, 0.25) is 0 Å². The minimum atomic E-state index is -0.436. The van der Waals surface area contributed by atoms with E-state index >= 15 is 0 Å². The average Bonchev–Trinajstić information content (AvgIpc) is 2.36. The molecule has 1 aromatic heterocycles. The molecule has 1 atom stereocenters. The second kappa shape index (κ2) is 3.61. The van der Waals surface area contributed by atoms with E-state index in [4.69, 9.17) is 5.73 Å². The Hall–Kier alpha value is -1.30. The topological polar surface area (TPSA) is 96.7 Å². The van der Waals surface area contributed by atoms with Crippen molar-refractivity contribution in [1.29, 1.82) is 0 Å². The standard InChI is InChI=1S/C7H14N4O2/c1-4(2)5(3-8)11-6(12)9-10-7(11)13/h4-5H,3,8H2,1-2H3,(H,9,12)(H,10,13). The van der Waals surface area contributed by atoms with Crippen LogP contribution in [0.25, 0.3) is 0 Å². The predicted molar refractivity (Wildman–Crippen MR) is 48.6 cm³/mol. The molecule has 0 bridgehead atoms. The number of aromatic amines is 2. The normalized spacial score (nSPS) is 13.5. The third-order valence-corrected chi connectivity index (χ3v) is 2.06. The Balaban J connectivity index is 3.19. The van der Waals surface area contributed by atoms with E-state index in [1.165, 1.54) is 0 Å². The van der Waals surface area contributed by atoms with Crippen molar-refractivity contribution < 1.29 is 0 Å². The van der Waals surface area contributed by atoms with Gasteiger partial charge in [0.25, 0.3) is 0 Å². The van der Waals surface area contributed by atoms with Gasteiger partial charge in [0, 0.05) is 6.54 Å². The van der Waals surface area contributed by atoms with Crippen LogP contribution in [-0.4, -0.2) is 21.3 Å². The molecule has 0 spiro atoms. The van der Waals surface area contributed by atoms with E-state index in [0.29, 0.717) is 0 Å². The van der Waals surface area contributed by atoms with Gasteiger partial charge < -0.3 is 5.73 Å². The smallest absolute Gasteiger partial charge is 0.328 e. The van der Waals surface area contributed by atoms with Crippen molar-refractivity contribution >= 4 is 0 Å². The van der Waals surface area contributed by atoms with Gasteiger partial charge in [-0.25, -0.2) is 24.4 Å². The van der Waals surface area contributed by atoms with Gasteiger partial charge in [0.15, 0.2) is 0 Å². The molecular weight excluding hydrogens is 172 g/mol. The highest BCUT2D eigenvalue weighted by atomic mass is 16.2. The molecule has 1 unspecified atom stereocenters. The number of hydrogen-bond donors (Lipinski definition) is 3. The summed E-state index contributed by atoms with van der Waals surface area (Å²) in [6.07, 6.45) is 0. The van der Waals surface area contributed by atoms with Crippen LogP contribution in [0.3, 0.4) is 0 Å². The number of nitrogens with two attached hydrogens (primary N) is 1. The first-order chi connectivity index (χ1) is 6.07. The lowest BCUT2D eigenvalue weighted by Gasteiger charge is -2.17. The fourth-order valence-corrected chi connectivity index (χ4v) is 1.30. The fraction of sp³-hybridized carbons (Fsp3) is 0.714. The molecule has 1 rings (SSSR count). The summed E-state index contributed by atoms with van der Waals surface area (Å²) >= 11 is 0. The summed E-state index contributed by atoms with van der Waals surface area (Å²) in [5.41, 5.74) is 4.60. The highest BCUT2D eigenvalue weighted by Crippen LogP contribution is 2.10. The van der Waals surface area contributed by atoms with Gasteiger partial charge >= 0.3 is 11.4 Å². The summed E-state index contributed by atoms with van der Waals surface area (Å²) < 4.78 is 1.12. The van der Waals surface area contributed by atoms with E-state index in [2.05, 4.69) is 10.2 Å². The van der Waals surface area contributed by atoms with Crippen LogP contribution in [0.15, 0.2) is 9.59 Å². The zero-order valence-corrected chi connectivity index (χ0v) is 7.70. The molecule has 13 heavy (non-hydrogen) atoms. The van der Waals surface area contributed by atoms with Crippen molar-refractivity contribution in [3.05, 3.63) is 21.0 Å². The van der Waals surface area contributed by atoms with Crippen LogP contribution < -0.4 is 17.1 Å². The van der Waals surface area contributed by atoms with E-state index in [-0.39, 0.29) is 18.5 Å². The van der Waals surface area contributed by atoms with Crippen LogP contribution in [0.1, 0.15) is 19.9 Å². The van der Waals surface area contributed by atoms with Crippen molar-refractivity contribution in [2.75, 3.05) is 6.54 Å². The van der Waals surface area contributed by atoms with Crippen LogP contribution in [-0.2, 0) is 0 Å². The molecule has 0 saturated carbocycles. The molecule has 0 radical (unpaired) electrons. The first kappa shape index (κ1) is 9.79. The monoisotopic (exact) mass is 186 g/mol. The predicted octanol–water partition coefficient (Wildman–Crippen LogP) is -0.979. The molecule has 74 valence electrons. The summed E-state index contributed by atoms with van der Waals surface area (Å²) in [5, 5.41) is 4.44. The van der Waals surface area contributed by atoms with Crippen molar-refractivity contribution in [2.24, 2.45) is 11.7 Å². The van der Waals surface area contributed by atoms with Crippen LogP contribution >= 0.6 is 0 Å². The second-order valence-corrected chi connectivity index (χ2v) is 3.28. The maximum atomic E-state index is 11.2. The first-order valence-electron chi connectivity index (χ1n) is 4.17. The number of nitrogens with one attached hydrogen (secondary N) is 2. The van der Waals surface area contributed by atoms with Gasteiger partial charge in [0.1, 0.15) is 0 Å². The Morgan fingerprint density at radius 3 is 2.08 bits per heavy atom. The largest absolute Gasteiger partial charge is 0.344 e. The van der Waals surface area contributed by atoms with E-state index in [0.717, 1.165) is 4.57 Å². The van der Waals surface area contributed by atoms with Crippen molar-refractivity contribution in [1.82, 2.24) is 14.8 Å². The van der Waals surface area contributed by atoms with E-state index in [1.54, 1.807) is 0 Å². The number of nitrogens with zero attached hydrogens (tertiary/aromatic N) is 1. The zero-order chi connectivity index (χ0) is 10.0. The molecule has 0 amide bonds. The van der Waals surface area contributed by atoms with Gasteiger partial charge in [0.2, 0.25) is 0 Å². The molecule has 0 aliphatic carbocycles. The molecule has 0 aromatic carbocycles. The molecular formula is C7H14N4O2. The van der Waals surface area contributed by atoms with Gasteiger partial charge in [-0.1, -0.05) is 13.8 Å². The SMILES string of the molecule is CC(C)C(CN)n1c(=O)[nH][nH]c1=O. The summed E-state index contributed by atoms with van der Waals surface area (Å²) in [6.45, 7) is 4.10. The van der Waals surface area contributed by atoms with E-state index in [9.17, 15) is 9.59 Å². The second-order valence-electron chi connectivity index (χ2n) is 3.28. The zero-order valence-electron chi connectivity index (χ0n) is 7.70. The Labute approximate surface area is 74.7 Å². The van der Waals surface area contributed by atoms with Crippen molar-refractivity contribution in [2.45, 2.75) is 19.9 Å². The maximum Gasteiger partial charge on any atom is 0.344 e. The Morgan fingerprint density at radius 2 is 1.77 bits per heavy atom. The van der Waals surface area contributed by atoms with Crippen molar-refractivity contribution in [3.8, 4) is 0 Å². The number of hydrogen-bond acceptors (Lipinski definition) is 3. The summed E-state index contributed by atoms with van der Waals surface area (Å²) in [6, 6.07) is -0.248. The van der Waals surface area contributed by atoms with Gasteiger partial charge in [-0.05, 0) is 5.92 Å². The lowest BCUT2D eigenvalue weighted by molar-refractivity contribution is 0.368. The Morgan fingerprint density at radius 1 is 1.31 bits per heavy atom. The third-order valence-electron chi connectivity index (χ3n) is 2.06. The minimum Gasteiger partial charge on any atom is -0.328 e. The first-order valence-corrected chi connectivity index (χ1v) is 4.17. The Bertz CT molecular complexity index is 345. The van der Waals surface area contributed by atoms with Crippen LogP contribution in [0.5, 0.6) is 0 Å². The van der Waals surface area contributed by atoms with Gasteiger partial charge in [-0.3, -0.25) is 0 Å². The third kappa shape index (κ3) is 1.72. The van der Waals surface area contributed by atoms with Gasteiger partial charge in [0.05, 0.1) is 6.04 Å². The van der Waals surface area contributed by atoms with Gasteiger partial charge in [-0.15, -0.1) is 0 Å². The lowest BCUT2D eigenvalue weighted by Crippen LogP contribution is -2.37. The van der Waals surface area contributed by atoms with Crippen LogP contribution in [0, 0.1) is 5.92 Å². The molecule has 6 nitrogen and oxygen atoms in total. The summed E-state index contributed by atoms with van der Waals surface area (Å²) in [7, 11) is 0. The molecule has 1 aromatic rings. The molecule has 0 aliphatic heterocycles. The molecule has 1 heterocycles. The Kier molecular flexibility index (Phi) is 2.72. The highest BCUT2D eigenvalue weighted by molar-refractivity contribution is 4.77. The maximum absolute atomic E-state index is 11.2. The molecule has 4 N–H and O–H groups in total. The number of H-pyrrole nitrogens is 2. The quantitative estimate of drug-likeness (QED) is 0.566. The fourth-order valence-electron chi connectivity index (χ4n) is 1.30. The van der Waals surface area contributed by atoms with E-state index < -0.39 is 11.4 Å². The summed E-state index contributed by atoms with van der Waals surface area (Å²) in [4.78, 5) is 22.3. The lowest BCUT2D eigenvalue weighted by atomic mass is 10.1. The molecule has 0 aliphatic rings. The van der Waals surface area contributed by atoms with Gasteiger partial charge in [-0.2, -0.15) is 0 Å². The van der Waals surface area contributed by atoms with E-state index in [1.807, 2.05) is 13.8 Å². The summed E-state index contributed by atoms with van der Waals surface area (Å²) in [5.74, 6) is 0.152.